The number of phenols is 1. The van der Waals surface area contributed by atoms with Gasteiger partial charge in [-0.05, 0) is 58.4 Å². The first-order valence-corrected chi connectivity index (χ1v) is 7.65. The van der Waals surface area contributed by atoms with Gasteiger partial charge in [0, 0.05) is 6.04 Å². The molecule has 1 aromatic carbocycles. The second-order valence-electron chi connectivity index (χ2n) is 8.33. The van der Waals surface area contributed by atoms with E-state index in [0.29, 0.717) is 11.7 Å². The topological polar surface area (TPSA) is 46.2 Å². The third-order valence-electron chi connectivity index (χ3n) is 4.26. The van der Waals surface area contributed by atoms with Gasteiger partial charge in [-0.2, -0.15) is 0 Å². The Bertz CT molecular complexity index is 472. The number of phenolic OH excluding ortho intramolecular Hbond substituents is 1. The van der Waals surface area contributed by atoms with Gasteiger partial charge < -0.3 is 10.8 Å². The van der Waals surface area contributed by atoms with E-state index in [2.05, 4.69) is 53.7 Å². The minimum Gasteiger partial charge on any atom is -0.507 e. The van der Waals surface area contributed by atoms with Crippen molar-refractivity contribution in [1.82, 2.24) is 0 Å². The number of halogens is 1. The summed E-state index contributed by atoms with van der Waals surface area (Å²) in [7, 11) is 0. The molecule has 0 spiro atoms. The highest BCUT2D eigenvalue weighted by Crippen LogP contribution is 2.44. The van der Waals surface area contributed by atoms with Crippen molar-refractivity contribution in [2.75, 3.05) is 0 Å². The molecule has 1 aliphatic rings. The smallest absolute Gasteiger partial charge is 0.123 e. The van der Waals surface area contributed by atoms with E-state index in [0.717, 1.165) is 11.1 Å². The van der Waals surface area contributed by atoms with E-state index in [4.69, 9.17) is 5.73 Å². The zero-order chi connectivity index (χ0) is 15.3. The van der Waals surface area contributed by atoms with Crippen LogP contribution in [0.25, 0.3) is 0 Å². The predicted octanol–water partition coefficient (Wildman–Crippen LogP) is 4.82. The van der Waals surface area contributed by atoms with E-state index < -0.39 is 0 Å². The number of rotatable bonds is 2. The van der Waals surface area contributed by atoms with Crippen LogP contribution < -0.4 is 5.73 Å². The van der Waals surface area contributed by atoms with Crippen LogP contribution in [0.1, 0.15) is 77.1 Å². The van der Waals surface area contributed by atoms with E-state index in [9.17, 15) is 5.11 Å². The van der Waals surface area contributed by atoms with Crippen molar-refractivity contribution in [3.63, 3.8) is 0 Å². The SMILES string of the molecule is CC(C)(C)c1cc([C@H](N)C2CC2)cc(C(C)(C)C)c1O.Cl. The van der Waals surface area contributed by atoms with Crippen LogP contribution in [0.2, 0.25) is 0 Å². The molecule has 21 heavy (non-hydrogen) atoms. The summed E-state index contributed by atoms with van der Waals surface area (Å²) in [6.07, 6.45) is 2.47. The Kier molecular flexibility index (Phi) is 5.07. The van der Waals surface area contributed by atoms with Crippen LogP contribution in [0.15, 0.2) is 12.1 Å². The summed E-state index contributed by atoms with van der Waals surface area (Å²) in [5, 5.41) is 10.7. The summed E-state index contributed by atoms with van der Waals surface area (Å²) in [4.78, 5) is 0. The van der Waals surface area contributed by atoms with E-state index in [1.165, 1.54) is 18.4 Å². The van der Waals surface area contributed by atoms with Crippen LogP contribution in [-0.4, -0.2) is 5.11 Å². The van der Waals surface area contributed by atoms with Crippen LogP contribution in [-0.2, 0) is 10.8 Å². The molecule has 1 saturated carbocycles. The zero-order valence-electron chi connectivity index (χ0n) is 14.2. The molecule has 1 atom stereocenters. The molecule has 0 unspecified atom stereocenters. The summed E-state index contributed by atoms with van der Waals surface area (Å²) < 4.78 is 0. The molecule has 0 aromatic heterocycles. The molecule has 3 N–H and O–H groups in total. The highest BCUT2D eigenvalue weighted by Gasteiger charge is 2.33. The Hall–Kier alpha value is -0.730. The lowest BCUT2D eigenvalue weighted by molar-refractivity contribution is 0.421. The van der Waals surface area contributed by atoms with Gasteiger partial charge in [-0.15, -0.1) is 12.4 Å². The maximum Gasteiger partial charge on any atom is 0.123 e. The van der Waals surface area contributed by atoms with Crippen molar-refractivity contribution in [3.05, 3.63) is 28.8 Å². The molecule has 3 heteroatoms. The summed E-state index contributed by atoms with van der Waals surface area (Å²) in [6.45, 7) is 12.8. The van der Waals surface area contributed by atoms with E-state index in [1.807, 2.05) is 0 Å². The Morgan fingerprint density at radius 2 is 1.38 bits per heavy atom. The van der Waals surface area contributed by atoms with Crippen LogP contribution in [0.5, 0.6) is 5.75 Å². The molecule has 0 amide bonds. The fourth-order valence-electron chi connectivity index (χ4n) is 2.72. The Morgan fingerprint density at radius 3 is 1.67 bits per heavy atom. The van der Waals surface area contributed by atoms with Gasteiger partial charge in [-0.3, -0.25) is 0 Å². The predicted molar refractivity (Wildman–Crippen MR) is 92.4 cm³/mol. The van der Waals surface area contributed by atoms with Crippen LogP contribution in [0.4, 0.5) is 0 Å². The van der Waals surface area contributed by atoms with Crippen molar-refractivity contribution in [1.29, 1.82) is 0 Å². The normalized spacial score (nSPS) is 17.3. The quantitative estimate of drug-likeness (QED) is 0.822. The maximum absolute atomic E-state index is 10.7. The second-order valence-corrected chi connectivity index (χ2v) is 8.33. The molecule has 0 aliphatic heterocycles. The molecule has 0 radical (unpaired) electrons. The largest absolute Gasteiger partial charge is 0.507 e. The lowest BCUT2D eigenvalue weighted by Gasteiger charge is -2.29. The summed E-state index contributed by atoms with van der Waals surface area (Å²) in [5.41, 5.74) is 9.43. The maximum atomic E-state index is 10.7. The van der Waals surface area contributed by atoms with Crippen molar-refractivity contribution in [3.8, 4) is 5.75 Å². The number of hydrogen-bond donors (Lipinski definition) is 2. The Balaban J connectivity index is 0.00000220. The molecule has 1 fully saturated rings. The molecule has 1 aromatic rings. The molecule has 0 bridgehead atoms. The van der Waals surface area contributed by atoms with Gasteiger partial charge in [0.25, 0.3) is 0 Å². The first-order chi connectivity index (χ1) is 9.01. The summed E-state index contributed by atoms with van der Waals surface area (Å²) >= 11 is 0. The second kappa shape index (κ2) is 5.81. The van der Waals surface area contributed by atoms with E-state index in [1.54, 1.807) is 0 Å². The molecule has 1 aliphatic carbocycles. The molecular formula is C18H30ClNO. The molecular weight excluding hydrogens is 282 g/mol. The Labute approximate surface area is 135 Å². The van der Waals surface area contributed by atoms with Gasteiger partial charge in [0.2, 0.25) is 0 Å². The molecule has 0 saturated heterocycles. The lowest BCUT2D eigenvalue weighted by atomic mass is 9.77. The van der Waals surface area contributed by atoms with Crippen LogP contribution >= 0.6 is 12.4 Å². The first kappa shape index (κ1) is 18.3. The monoisotopic (exact) mass is 311 g/mol. The molecule has 2 rings (SSSR count). The van der Waals surface area contributed by atoms with Crippen LogP contribution in [0, 0.1) is 5.92 Å². The van der Waals surface area contributed by atoms with Gasteiger partial charge in [-0.25, -0.2) is 0 Å². The van der Waals surface area contributed by atoms with Gasteiger partial charge in [0.15, 0.2) is 0 Å². The number of hydrogen-bond acceptors (Lipinski definition) is 2. The third kappa shape index (κ3) is 3.92. The molecule has 0 heterocycles. The van der Waals surface area contributed by atoms with E-state index >= 15 is 0 Å². The average Bonchev–Trinajstić information content (AvgIpc) is 3.08. The lowest BCUT2D eigenvalue weighted by Crippen LogP contribution is -2.20. The zero-order valence-corrected chi connectivity index (χ0v) is 15.0. The minimum atomic E-state index is -0.0800. The van der Waals surface area contributed by atoms with Crippen LogP contribution in [0.3, 0.4) is 0 Å². The van der Waals surface area contributed by atoms with Gasteiger partial charge in [0.1, 0.15) is 5.75 Å². The Morgan fingerprint density at radius 1 is 1.00 bits per heavy atom. The van der Waals surface area contributed by atoms with Gasteiger partial charge in [0.05, 0.1) is 0 Å². The fraction of sp³-hybridized carbons (Fsp3) is 0.667. The third-order valence-corrected chi connectivity index (χ3v) is 4.26. The van der Waals surface area contributed by atoms with Gasteiger partial charge in [-0.1, -0.05) is 41.5 Å². The highest BCUT2D eigenvalue weighted by molar-refractivity contribution is 5.85. The van der Waals surface area contributed by atoms with Gasteiger partial charge >= 0.3 is 0 Å². The fourth-order valence-corrected chi connectivity index (χ4v) is 2.72. The van der Waals surface area contributed by atoms with Crippen molar-refractivity contribution >= 4 is 12.4 Å². The molecule has 2 nitrogen and oxygen atoms in total. The molecule has 120 valence electrons. The number of nitrogens with two attached hydrogens (primary N) is 1. The minimum absolute atomic E-state index is 0. The average molecular weight is 312 g/mol. The van der Waals surface area contributed by atoms with Crippen molar-refractivity contribution < 1.29 is 5.11 Å². The summed E-state index contributed by atoms with van der Waals surface area (Å²) in [5.74, 6) is 1.07. The highest BCUT2D eigenvalue weighted by atomic mass is 35.5. The number of benzene rings is 1. The standard InChI is InChI=1S/C18H29NO.ClH/c1-17(2,3)13-9-12(15(19)11-7-8-11)10-14(16(13)20)18(4,5)6;/h9-11,15,20H,7-8,19H2,1-6H3;1H/t15-;/m1./s1. The summed E-state index contributed by atoms with van der Waals surface area (Å²) in [6, 6.07) is 4.35. The first-order valence-electron chi connectivity index (χ1n) is 7.65. The van der Waals surface area contributed by atoms with Crippen molar-refractivity contribution in [2.45, 2.75) is 71.3 Å². The van der Waals surface area contributed by atoms with Crippen molar-refractivity contribution in [2.24, 2.45) is 11.7 Å². The number of aromatic hydroxyl groups is 1. The van der Waals surface area contributed by atoms with E-state index in [-0.39, 0.29) is 29.3 Å².